The molecular formula is C22H20ClN5O4. The van der Waals surface area contributed by atoms with Gasteiger partial charge in [0.15, 0.2) is 12.4 Å². The molecule has 0 saturated carbocycles. The lowest BCUT2D eigenvalue weighted by molar-refractivity contribution is -0.146. The van der Waals surface area contributed by atoms with E-state index < -0.39 is 12.0 Å². The number of hydrogen-bond donors (Lipinski definition) is 1. The van der Waals surface area contributed by atoms with Crippen molar-refractivity contribution in [2.45, 2.75) is 26.0 Å². The first-order valence-electron chi connectivity index (χ1n) is 9.85. The van der Waals surface area contributed by atoms with Crippen molar-refractivity contribution in [2.75, 3.05) is 0 Å². The zero-order valence-corrected chi connectivity index (χ0v) is 18.2. The van der Waals surface area contributed by atoms with E-state index in [1.165, 1.54) is 11.5 Å². The van der Waals surface area contributed by atoms with Gasteiger partial charge in [-0.25, -0.2) is 0 Å². The highest BCUT2D eigenvalue weighted by Gasteiger charge is 2.20. The van der Waals surface area contributed by atoms with Gasteiger partial charge in [-0.05, 0) is 29.8 Å². The Kier molecular flexibility index (Phi) is 5.91. The molecule has 0 bridgehead atoms. The smallest absolute Gasteiger partial charge is 0.308 e. The molecule has 2 aromatic carbocycles. The van der Waals surface area contributed by atoms with Gasteiger partial charge in [0.05, 0.1) is 23.4 Å². The summed E-state index contributed by atoms with van der Waals surface area (Å²) in [7, 11) is 1.61. The van der Waals surface area contributed by atoms with Crippen LogP contribution >= 0.6 is 11.6 Å². The molecule has 0 fully saturated rings. The molecule has 2 aromatic heterocycles. The van der Waals surface area contributed by atoms with Gasteiger partial charge in [-0.1, -0.05) is 35.9 Å². The number of carbonyl (C=O) groups is 2. The SMILES string of the molecule is CC(=O)NC(CC(=O)OCc1nnc2n(C)c(=O)c3ccccc3n12)c1ccc(Cl)cc1. The Balaban J connectivity index is 1.56. The molecule has 164 valence electrons. The van der Waals surface area contributed by atoms with E-state index in [0.717, 1.165) is 5.56 Å². The Labute approximate surface area is 187 Å². The number of halogens is 1. The van der Waals surface area contributed by atoms with Crippen LogP contribution in [0.4, 0.5) is 0 Å². The van der Waals surface area contributed by atoms with Crippen molar-refractivity contribution >= 4 is 40.2 Å². The highest BCUT2D eigenvalue weighted by atomic mass is 35.5. The number of nitrogens with zero attached hydrogens (tertiary/aromatic N) is 4. The Bertz CT molecular complexity index is 1380. The van der Waals surface area contributed by atoms with Crippen LogP contribution in [-0.4, -0.2) is 31.0 Å². The fourth-order valence-corrected chi connectivity index (χ4v) is 3.67. The lowest BCUT2D eigenvalue weighted by Crippen LogP contribution is -2.28. The molecule has 0 spiro atoms. The van der Waals surface area contributed by atoms with E-state index in [1.54, 1.807) is 60.0 Å². The average molecular weight is 454 g/mol. The van der Waals surface area contributed by atoms with Gasteiger partial charge in [-0.15, -0.1) is 10.2 Å². The molecule has 1 unspecified atom stereocenters. The first-order valence-corrected chi connectivity index (χ1v) is 10.2. The van der Waals surface area contributed by atoms with E-state index >= 15 is 0 Å². The molecule has 0 aliphatic carbocycles. The van der Waals surface area contributed by atoms with Crippen LogP contribution in [0, 0.1) is 0 Å². The topological polar surface area (TPSA) is 108 Å². The number of para-hydroxylation sites is 1. The normalized spacial score (nSPS) is 12.1. The third-order valence-electron chi connectivity index (χ3n) is 5.08. The largest absolute Gasteiger partial charge is 0.457 e. The van der Waals surface area contributed by atoms with Crippen molar-refractivity contribution < 1.29 is 14.3 Å². The van der Waals surface area contributed by atoms with Crippen LogP contribution in [0.15, 0.2) is 53.3 Å². The fraction of sp³-hybridized carbons (Fsp3) is 0.227. The van der Waals surface area contributed by atoms with E-state index in [-0.39, 0.29) is 24.5 Å². The van der Waals surface area contributed by atoms with Crippen molar-refractivity contribution in [3.63, 3.8) is 0 Å². The first-order chi connectivity index (χ1) is 15.3. The van der Waals surface area contributed by atoms with E-state index in [2.05, 4.69) is 15.5 Å². The van der Waals surface area contributed by atoms with Gasteiger partial charge in [0.25, 0.3) is 5.56 Å². The van der Waals surface area contributed by atoms with E-state index in [0.29, 0.717) is 27.5 Å². The number of hydrogen-bond acceptors (Lipinski definition) is 6. The van der Waals surface area contributed by atoms with E-state index in [9.17, 15) is 14.4 Å². The molecule has 32 heavy (non-hydrogen) atoms. The predicted octanol–water partition coefficient (Wildman–Crippen LogP) is 2.55. The first kappa shape index (κ1) is 21.5. The molecule has 0 aliphatic rings. The monoisotopic (exact) mass is 453 g/mol. The molecule has 0 radical (unpaired) electrons. The predicted molar refractivity (Wildman–Crippen MR) is 118 cm³/mol. The van der Waals surface area contributed by atoms with Gasteiger partial charge in [0, 0.05) is 19.0 Å². The number of benzene rings is 2. The summed E-state index contributed by atoms with van der Waals surface area (Å²) in [5, 5.41) is 12.0. The van der Waals surface area contributed by atoms with Crippen LogP contribution in [0.1, 0.15) is 30.8 Å². The second-order valence-electron chi connectivity index (χ2n) is 7.30. The molecule has 4 rings (SSSR count). The van der Waals surface area contributed by atoms with Gasteiger partial charge in [-0.3, -0.25) is 23.4 Å². The molecule has 1 N–H and O–H groups in total. The summed E-state index contributed by atoms with van der Waals surface area (Å²) in [5.74, 6) is -0.0714. The highest BCUT2D eigenvalue weighted by Crippen LogP contribution is 2.21. The highest BCUT2D eigenvalue weighted by molar-refractivity contribution is 6.30. The van der Waals surface area contributed by atoms with Crippen LogP contribution in [0.25, 0.3) is 16.7 Å². The quantitative estimate of drug-likeness (QED) is 0.449. The van der Waals surface area contributed by atoms with Crippen LogP contribution in [-0.2, 0) is 28.0 Å². The number of carbonyl (C=O) groups excluding carboxylic acids is 2. The summed E-state index contributed by atoms with van der Waals surface area (Å²) in [6, 6.07) is 13.4. The molecule has 4 aromatic rings. The number of ether oxygens (including phenoxy) is 1. The Hall–Kier alpha value is -3.72. The molecule has 1 atom stereocenters. The molecule has 9 nitrogen and oxygen atoms in total. The number of aromatic nitrogens is 4. The summed E-state index contributed by atoms with van der Waals surface area (Å²) in [4.78, 5) is 36.7. The zero-order valence-electron chi connectivity index (χ0n) is 17.4. The van der Waals surface area contributed by atoms with Crippen LogP contribution < -0.4 is 10.9 Å². The van der Waals surface area contributed by atoms with Crippen molar-refractivity contribution in [1.29, 1.82) is 0 Å². The van der Waals surface area contributed by atoms with Crippen molar-refractivity contribution in [1.82, 2.24) is 24.5 Å². The maximum Gasteiger partial charge on any atom is 0.308 e. The number of nitrogens with one attached hydrogen (secondary N) is 1. The van der Waals surface area contributed by atoms with Crippen molar-refractivity contribution in [3.05, 3.63) is 75.3 Å². The molecule has 2 heterocycles. The van der Waals surface area contributed by atoms with Gasteiger partial charge >= 0.3 is 5.97 Å². The Morgan fingerprint density at radius 3 is 2.56 bits per heavy atom. The zero-order chi connectivity index (χ0) is 22.8. The fourth-order valence-electron chi connectivity index (χ4n) is 3.55. The van der Waals surface area contributed by atoms with Crippen LogP contribution in [0.2, 0.25) is 5.02 Å². The third kappa shape index (κ3) is 4.19. The molecular weight excluding hydrogens is 434 g/mol. The van der Waals surface area contributed by atoms with Gasteiger partial charge in [0.1, 0.15) is 0 Å². The van der Waals surface area contributed by atoms with E-state index in [4.69, 9.17) is 16.3 Å². The minimum Gasteiger partial charge on any atom is -0.457 e. The standard InChI is InChI=1S/C22H20ClN5O4/c1-13(29)24-17(14-7-9-15(23)10-8-14)11-20(30)32-12-19-25-26-22-27(2)21(31)16-5-3-4-6-18(16)28(19)22/h3-10,17H,11-12H2,1-2H3,(H,24,29). The molecule has 1 amide bonds. The number of fused-ring (bicyclic) bond motifs is 3. The maximum absolute atomic E-state index is 12.6. The average Bonchev–Trinajstić information content (AvgIpc) is 3.20. The van der Waals surface area contributed by atoms with Gasteiger partial charge < -0.3 is 10.1 Å². The van der Waals surface area contributed by atoms with Crippen LogP contribution in [0.3, 0.4) is 0 Å². The van der Waals surface area contributed by atoms with Crippen molar-refractivity contribution in [2.24, 2.45) is 7.05 Å². The minimum absolute atomic E-state index is 0.0722. The summed E-state index contributed by atoms with van der Waals surface area (Å²) in [6.07, 6.45) is -0.0722. The number of amides is 1. The second-order valence-corrected chi connectivity index (χ2v) is 7.74. The Morgan fingerprint density at radius 2 is 1.84 bits per heavy atom. The summed E-state index contributed by atoms with van der Waals surface area (Å²) < 4.78 is 8.53. The van der Waals surface area contributed by atoms with Gasteiger partial charge in [0.2, 0.25) is 11.7 Å². The maximum atomic E-state index is 12.6. The second kappa shape index (κ2) is 8.80. The summed E-state index contributed by atoms with van der Waals surface area (Å²) >= 11 is 5.93. The lowest BCUT2D eigenvalue weighted by atomic mass is 10.0. The summed E-state index contributed by atoms with van der Waals surface area (Å²) in [5.41, 5.74) is 1.17. The minimum atomic E-state index is -0.561. The molecule has 0 aliphatic heterocycles. The van der Waals surface area contributed by atoms with Crippen LogP contribution in [0.5, 0.6) is 0 Å². The van der Waals surface area contributed by atoms with E-state index in [1.807, 2.05) is 0 Å². The van der Waals surface area contributed by atoms with Crippen molar-refractivity contribution in [3.8, 4) is 0 Å². The lowest BCUT2D eigenvalue weighted by Gasteiger charge is -2.17. The summed E-state index contributed by atoms with van der Waals surface area (Å²) in [6.45, 7) is 1.24. The third-order valence-corrected chi connectivity index (χ3v) is 5.33. The Morgan fingerprint density at radius 1 is 1.12 bits per heavy atom. The molecule has 0 saturated heterocycles. The number of esters is 1. The molecule has 10 heteroatoms. The van der Waals surface area contributed by atoms with Gasteiger partial charge in [-0.2, -0.15) is 0 Å². The number of rotatable bonds is 6. The number of aryl methyl sites for hydroxylation is 1.